The molecule has 4 nitrogen and oxygen atoms in total. The smallest absolute Gasteiger partial charge is 0.308 e. The van der Waals surface area contributed by atoms with E-state index in [-0.39, 0.29) is 12.6 Å². The number of rotatable bonds is 5. The molecule has 1 aliphatic rings. The molecule has 1 heterocycles. The molecular formula is C13H23NO3S. The number of hydrogen-bond acceptors (Lipinski definition) is 5. The average molecular weight is 273 g/mol. The van der Waals surface area contributed by atoms with E-state index in [0.29, 0.717) is 19.4 Å². The summed E-state index contributed by atoms with van der Waals surface area (Å²) >= 11 is 1.74. The van der Waals surface area contributed by atoms with Crippen LogP contribution in [0.15, 0.2) is 10.6 Å². The number of esters is 1. The molecule has 18 heavy (non-hydrogen) atoms. The Balaban J connectivity index is 2.39. The molecular weight excluding hydrogens is 250 g/mol. The van der Waals surface area contributed by atoms with Crippen molar-refractivity contribution in [2.24, 2.45) is 0 Å². The third-order valence-electron chi connectivity index (χ3n) is 2.62. The molecule has 5 heteroatoms. The van der Waals surface area contributed by atoms with Crippen molar-refractivity contribution in [3.63, 3.8) is 0 Å². The summed E-state index contributed by atoms with van der Waals surface area (Å²) in [6.45, 7) is 8.53. The van der Waals surface area contributed by atoms with Gasteiger partial charge in [-0.1, -0.05) is 0 Å². The number of hydrogen-bond donors (Lipinski definition) is 1. The van der Waals surface area contributed by atoms with Crippen molar-refractivity contribution in [1.29, 1.82) is 0 Å². The van der Waals surface area contributed by atoms with E-state index >= 15 is 0 Å². The Bertz CT molecular complexity index is 334. The molecule has 0 bridgehead atoms. The number of nitrogens with zero attached hydrogens (tertiary/aromatic N) is 1. The maximum absolute atomic E-state index is 11.6. The Morgan fingerprint density at radius 3 is 2.72 bits per heavy atom. The topological polar surface area (TPSA) is 49.8 Å². The van der Waals surface area contributed by atoms with E-state index in [1.165, 1.54) is 10.6 Å². The summed E-state index contributed by atoms with van der Waals surface area (Å²) in [4.78, 5) is 15.0. The van der Waals surface area contributed by atoms with Crippen LogP contribution in [0.3, 0.4) is 0 Å². The predicted octanol–water partition coefficient (Wildman–Crippen LogP) is 2.34. The summed E-state index contributed by atoms with van der Waals surface area (Å²) in [5, 5.41) is 8.94. The fourth-order valence-corrected chi connectivity index (χ4v) is 2.95. The standard InChI is InChI=1S/C13H23NO3S/c1-10-11(6-8-15)18-9-14(10)7-5-12(16)17-13(2,3)4/h15H,5-9H2,1-4H3. The van der Waals surface area contributed by atoms with Crippen LogP contribution in [0.1, 0.15) is 40.5 Å². The van der Waals surface area contributed by atoms with Gasteiger partial charge in [-0.3, -0.25) is 4.79 Å². The number of aliphatic hydroxyl groups excluding tert-OH is 1. The third kappa shape index (κ3) is 4.90. The van der Waals surface area contributed by atoms with Gasteiger partial charge in [0.25, 0.3) is 0 Å². The minimum absolute atomic E-state index is 0.157. The normalized spacial score (nSPS) is 16.4. The molecule has 0 spiro atoms. The lowest BCUT2D eigenvalue weighted by atomic mass is 10.2. The molecule has 0 aromatic carbocycles. The van der Waals surface area contributed by atoms with Crippen LogP contribution >= 0.6 is 11.8 Å². The minimum atomic E-state index is -0.413. The molecule has 0 amide bonds. The van der Waals surface area contributed by atoms with Crippen LogP contribution in [0.4, 0.5) is 0 Å². The molecule has 1 aliphatic heterocycles. The van der Waals surface area contributed by atoms with Gasteiger partial charge in [0.1, 0.15) is 5.60 Å². The van der Waals surface area contributed by atoms with Gasteiger partial charge in [-0.15, -0.1) is 11.8 Å². The summed E-state index contributed by atoms with van der Waals surface area (Å²) in [5.41, 5.74) is 0.765. The van der Waals surface area contributed by atoms with E-state index in [9.17, 15) is 4.79 Å². The predicted molar refractivity (Wildman–Crippen MR) is 74.0 cm³/mol. The Morgan fingerprint density at radius 1 is 1.50 bits per heavy atom. The van der Waals surface area contributed by atoms with Crippen LogP contribution in [-0.2, 0) is 9.53 Å². The van der Waals surface area contributed by atoms with Crippen molar-refractivity contribution in [2.75, 3.05) is 19.0 Å². The van der Waals surface area contributed by atoms with Crippen molar-refractivity contribution in [1.82, 2.24) is 4.90 Å². The van der Waals surface area contributed by atoms with E-state index in [1.807, 2.05) is 27.7 Å². The van der Waals surface area contributed by atoms with Gasteiger partial charge in [-0.2, -0.15) is 0 Å². The average Bonchev–Trinajstić information content (AvgIpc) is 2.56. The van der Waals surface area contributed by atoms with Crippen molar-refractivity contribution < 1.29 is 14.6 Å². The third-order valence-corrected chi connectivity index (χ3v) is 3.91. The zero-order valence-electron chi connectivity index (χ0n) is 11.7. The maximum Gasteiger partial charge on any atom is 0.308 e. The van der Waals surface area contributed by atoms with E-state index in [1.54, 1.807) is 11.8 Å². The summed E-state index contributed by atoms with van der Waals surface area (Å²) in [6.07, 6.45) is 1.11. The highest BCUT2D eigenvalue weighted by Gasteiger charge is 2.21. The molecule has 1 N–H and O–H groups in total. The quantitative estimate of drug-likeness (QED) is 0.779. The van der Waals surface area contributed by atoms with Gasteiger partial charge >= 0.3 is 5.97 Å². The molecule has 0 radical (unpaired) electrons. The maximum atomic E-state index is 11.6. The zero-order chi connectivity index (χ0) is 13.8. The summed E-state index contributed by atoms with van der Waals surface area (Å²) in [7, 11) is 0. The lowest BCUT2D eigenvalue weighted by Crippen LogP contribution is -2.27. The number of aliphatic hydroxyl groups is 1. The molecule has 1 rings (SSSR count). The van der Waals surface area contributed by atoms with E-state index in [2.05, 4.69) is 4.90 Å². The Hall–Kier alpha value is -0.680. The fraction of sp³-hybridized carbons (Fsp3) is 0.769. The van der Waals surface area contributed by atoms with Crippen molar-refractivity contribution in [3.8, 4) is 0 Å². The molecule has 104 valence electrons. The highest BCUT2D eigenvalue weighted by molar-refractivity contribution is 8.03. The van der Waals surface area contributed by atoms with Gasteiger partial charge in [0.05, 0.1) is 12.3 Å². The molecule has 0 atom stereocenters. The SMILES string of the molecule is CC1=C(CCO)SCN1CCC(=O)OC(C)(C)C. The first-order valence-corrected chi connectivity index (χ1v) is 7.22. The fourth-order valence-electron chi connectivity index (χ4n) is 1.74. The van der Waals surface area contributed by atoms with Gasteiger partial charge in [0.2, 0.25) is 0 Å². The van der Waals surface area contributed by atoms with Crippen LogP contribution in [0.25, 0.3) is 0 Å². The number of carbonyl (C=O) groups is 1. The lowest BCUT2D eigenvalue weighted by molar-refractivity contribution is -0.155. The lowest BCUT2D eigenvalue weighted by Gasteiger charge is -2.22. The van der Waals surface area contributed by atoms with Gasteiger partial charge < -0.3 is 14.7 Å². The van der Waals surface area contributed by atoms with Crippen molar-refractivity contribution in [3.05, 3.63) is 10.6 Å². The first kappa shape index (κ1) is 15.4. The van der Waals surface area contributed by atoms with Crippen LogP contribution in [0.2, 0.25) is 0 Å². The number of carbonyl (C=O) groups excluding carboxylic acids is 1. The molecule has 0 aliphatic carbocycles. The highest BCUT2D eigenvalue weighted by atomic mass is 32.2. The van der Waals surface area contributed by atoms with Crippen LogP contribution in [-0.4, -0.2) is 40.6 Å². The first-order chi connectivity index (χ1) is 8.33. The summed E-state index contributed by atoms with van der Waals surface area (Å²) in [5.74, 6) is 0.708. The Morgan fingerprint density at radius 2 is 2.17 bits per heavy atom. The molecule has 0 unspecified atom stereocenters. The molecule has 0 fully saturated rings. The Labute approximate surface area is 113 Å². The molecule has 0 aromatic rings. The van der Waals surface area contributed by atoms with Gasteiger partial charge in [-0.25, -0.2) is 0 Å². The zero-order valence-corrected chi connectivity index (χ0v) is 12.5. The molecule has 0 saturated carbocycles. The summed E-state index contributed by atoms with van der Waals surface area (Å²) in [6, 6.07) is 0. The number of thioether (sulfide) groups is 1. The largest absolute Gasteiger partial charge is 0.460 e. The van der Waals surface area contributed by atoms with Gasteiger partial charge in [0, 0.05) is 30.2 Å². The van der Waals surface area contributed by atoms with E-state index < -0.39 is 5.60 Å². The molecule has 0 saturated heterocycles. The van der Waals surface area contributed by atoms with Crippen molar-refractivity contribution >= 4 is 17.7 Å². The van der Waals surface area contributed by atoms with E-state index in [4.69, 9.17) is 9.84 Å². The monoisotopic (exact) mass is 273 g/mol. The van der Waals surface area contributed by atoms with Crippen LogP contribution in [0.5, 0.6) is 0 Å². The van der Waals surface area contributed by atoms with Crippen LogP contribution < -0.4 is 0 Å². The van der Waals surface area contributed by atoms with Gasteiger partial charge in [0.15, 0.2) is 0 Å². The molecule has 0 aromatic heterocycles. The van der Waals surface area contributed by atoms with Gasteiger partial charge in [-0.05, 0) is 27.7 Å². The second-order valence-corrected chi connectivity index (χ2v) is 6.40. The summed E-state index contributed by atoms with van der Waals surface area (Å²) < 4.78 is 5.28. The van der Waals surface area contributed by atoms with E-state index in [0.717, 1.165) is 5.88 Å². The number of allylic oxidation sites excluding steroid dienone is 1. The minimum Gasteiger partial charge on any atom is -0.460 e. The van der Waals surface area contributed by atoms with Crippen molar-refractivity contribution in [2.45, 2.75) is 46.1 Å². The number of ether oxygens (including phenoxy) is 1. The second kappa shape index (κ2) is 6.48. The Kier molecular flexibility index (Phi) is 5.53. The highest BCUT2D eigenvalue weighted by Crippen LogP contribution is 2.33. The van der Waals surface area contributed by atoms with Crippen LogP contribution in [0, 0.1) is 0 Å². The second-order valence-electron chi connectivity index (χ2n) is 5.36. The first-order valence-electron chi connectivity index (χ1n) is 6.23.